The van der Waals surface area contributed by atoms with E-state index in [1.807, 2.05) is 39.6 Å². The SMILES string of the molecule is CCCCc1ncc(C=O)n1Cc1ccc(-c2ccccc2-c2nnnn2C(c2ccccc2)(c2ccccc2)c2ccccc2)cc1. The quantitative estimate of drug-likeness (QED) is 0.101. The summed E-state index contributed by atoms with van der Waals surface area (Å²) in [5, 5.41) is 13.7. The molecule has 2 aromatic heterocycles. The average Bonchev–Trinajstić information content (AvgIpc) is 3.80. The first kappa shape index (κ1) is 30.7. The molecule has 0 bridgehead atoms. The summed E-state index contributed by atoms with van der Waals surface area (Å²) in [5.41, 5.74) is 6.96. The van der Waals surface area contributed by atoms with Crippen LogP contribution < -0.4 is 0 Å². The van der Waals surface area contributed by atoms with E-state index in [9.17, 15) is 4.79 Å². The van der Waals surface area contributed by atoms with Gasteiger partial charge in [-0.2, -0.15) is 0 Å². The predicted octanol–water partition coefficient (Wildman–Crippen LogP) is 8.25. The van der Waals surface area contributed by atoms with Crippen LogP contribution in [0.15, 0.2) is 146 Å². The van der Waals surface area contributed by atoms with Gasteiger partial charge in [0.15, 0.2) is 12.1 Å². The molecule has 0 saturated carbocycles. The second-order valence-electron chi connectivity index (χ2n) is 11.9. The Morgan fingerprint density at radius 2 is 1.25 bits per heavy atom. The summed E-state index contributed by atoms with van der Waals surface area (Å²) in [4.78, 5) is 16.3. The number of carbonyl (C=O) groups excluding carboxylic acids is 1. The van der Waals surface area contributed by atoms with Gasteiger partial charge in [-0.1, -0.05) is 153 Å². The maximum Gasteiger partial charge on any atom is 0.184 e. The van der Waals surface area contributed by atoms with E-state index in [1.165, 1.54) is 0 Å². The lowest BCUT2D eigenvalue weighted by molar-refractivity contribution is 0.111. The standard InChI is InChI=1S/C41H36N6O/c1-2-3-23-39-42-28-36(30-48)46(39)29-31-24-26-32(27-25-31)37-21-13-14-22-38(37)40-43-44-45-47(40)41(33-15-7-4-8-16-33,34-17-9-5-10-18-34)35-19-11-6-12-20-35/h4-22,24-28,30H,2-3,23,29H2,1H3. The maximum absolute atomic E-state index is 11.8. The van der Waals surface area contributed by atoms with Gasteiger partial charge in [-0.3, -0.25) is 4.79 Å². The fourth-order valence-corrected chi connectivity index (χ4v) is 6.63. The highest BCUT2D eigenvalue weighted by Crippen LogP contribution is 2.43. The van der Waals surface area contributed by atoms with Gasteiger partial charge in [-0.05, 0) is 50.2 Å². The molecule has 7 nitrogen and oxygen atoms in total. The number of hydrogen-bond donors (Lipinski definition) is 0. The van der Waals surface area contributed by atoms with E-state index >= 15 is 0 Å². The number of carbonyl (C=O) groups is 1. The Bertz CT molecular complexity index is 2010. The number of aldehydes is 1. The molecule has 236 valence electrons. The van der Waals surface area contributed by atoms with Crippen molar-refractivity contribution in [1.82, 2.24) is 29.8 Å². The Morgan fingerprint density at radius 1 is 0.688 bits per heavy atom. The van der Waals surface area contributed by atoms with Crippen LogP contribution in [0.1, 0.15) is 58.3 Å². The van der Waals surface area contributed by atoms with Gasteiger partial charge in [-0.25, -0.2) is 9.67 Å². The number of aryl methyl sites for hydroxylation is 1. The molecule has 0 N–H and O–H groups in total. The Kier molecular flexibility index (Phi) is 8.83. The average molecular weight is 629 g/mol. The van der Waals surface area contributed by atoms with Crippen LogP contribution in [0.25, 0.3) is 22.5 Å². The number of unbranched alkanes of at least 4 members (excludes halogenated alkanes) is 1. The third kappa shape index (κ3) is 5.64. The number of benzene rings is 5. The first-order valence-corrected chi connectivity index (χ1v) is 16.4. The molecule has 7 rings (SSSR count). The van der Waals surface area contributed by atoms with Crippen LogP contribution in [0, 0.1) is 0 Å². The first-order chi connectivity index (χ1) is 23.7. The molecule has 0 amide bonds. The minimum atomic E-state index is -0.851. The lowest BCUT2D eigenvalue weighted by Crippen LogP contribution is -2.39. The molecule has 0 aliphatic rings. The molecule has 2 heterocycles. The van der Waals surface area contributed by atoms with Crippen molar-refractivity contribution in [3.05, 3.63) is 179 Å². The van der Waals surface area contributed by atoms with Crippen molar-refractivity contribution >= 4 is 6.29 Å². The highest BCUT2D eigenvalue weighted by Gasteiger charge is 2.42. The second-order valence-corrected chi connectivity index (χ2v) is 11.9. The molecule has 48 heavy (non-hydrogen) atoms. The van der Waals surface area contributed by atoms with Gasteiger partial charge in [0, 0.05) is 18.5 Å². The summed E-state index contributed by atoms with van der Waals surface area (Å²) in [6.45, 7) is 2.75. The van der Waals surface area contributed by atoms with E-state index in [0.29, 0.717) is 18.1 Å². The van der Waals surface area contributed by atoms with Crippen LogP contribution in [0.5, 0.6) is 0 Å². The molecule has 0 aliphatic heterocycles. The van der Waals surface area contributed by atoms with Crippen molar-refractivity contribution < 1.29 is 4.79 Å². The lowest BCUT2D eigenvalue weighted by atomic mass is 9.77. The number of hydrogen-bond acceptors (Lipinski definition) is 5. The summed E-state index contributed by atoms with van der Waals surface area (Å²) in [5.74, 6) is 1.60. The van der Waals surface area contributed by atoms with Gasteiger partial charge in [-0.15, -0.1) is 5.10 Å². The normalized spacial score (nSPS) is 11.4. The number of tetrazole rings is 1. The van der Waals surface area contributed by atoms with Crippen LogP contribution in [0.4, 0.5) is 0 Å². The van der Waals surface area contributed by atoms with E-state index < -0.39 is 5.54 Å². The molecule has 7 aromatic rings. The van der Waals surface area contributed by atoms with Gasteiger partial charge < -0.3 is 4.57 Å². The predicted molar refractivity (Wildman–Crippen MR) is 189 cm³/mol. The molecule has 5 aromatic carbocycles. The largest absolute Gasteiger partial charge is 0.321 e. The zero-order valence-corrected chi connectivity index (χ0v) is 26.9. The van der Waals surface area contributed by atoms with Gasteiger partial charge in [0.2, 0.25) is 0 Å². The number of rotatable bonds is 12. The van der Waals surface area contributed by atoms with E-state index in [4.69, 9.17) is 10.3 Å². The Morgan fingerprint density at radius 3 is 1.81 bits per heavy atom. The summed E-state index contributed by atoms with van der Waals surface area (Å²) in [6, 6.07) is 48.0. The van der Waals surface area contributed by atoms with Crippen LogP contribution in [0.3, 0.4) is 0 Å². The van der Waals surface area contributed by atoms with E-state index in [0.717, 1.165) is 70.3 Å². The Balaban J connectivity index is 1.34. The van der Waals surface area contributed by atoms with Crippen molar-refractivity contribution in [2.45, 2.75) is 38.3 Å². The van der Waals surface area contributed by atoms with Crippen molar-refractivity contribution in [2.24, 2.45) is 0 Å². The number of nitrogens with zero attached hydrogens (tertiary/aromatic N) is 6. The molecule has 0 radical (unpaired) electrons. The van der Waals surface area contributed by atoms with Gasteiger partial charge in [0.05, 0.1) is 6.20 Å². The molecule has 0 unspecified atom stereocenters. The van der Waals surface area contributed by atoms with Crippen molar-refractivity contribution in [2.75, 3.05) is 0 Å². The molecule has 0 atom stereocenters. The van der Waals surface area contributed by atoms with Crippen molar-refractivity contribution in [3.63, 3.8) is 0 Å². The van der Waals surface area contributed by atoms with E-state index in [-0.39, 0.29) is 0 Å². The zero-order valence-electron chi connectivity index (χ0n) is 26.9. The van der Waals surface area contributed by atoms with Crippen LogP contribution in [-0.2, 0) is 18.5 Å². The van der Waals surface area contributed by atoms with Crippen molar-refractivity contribution in [1.29, 1.82) is 0 Å². The highest BCUT2D eigenvalue weighted by atomic mass is 16.1. The maximum atomic E-state index is 11.8. The lowest BCUT2D eigenvalue weighted by Gasteiger charge is -2.36. The van der Waals surface area contributed by atoms with Gasteiger partial charge in [0.25, 0.3) is 0 Å². The van der Waals surface area contributed by atoms with Gasteiger partial charge in [0.1, 0.15) is 17.1 Å². The molecule has 0 spiro atoms. The van der Waals surface area contributed by atoms with Crippen molar-refractivity contribution in [3.8, 4) is 22.5 Å². The van der Waals surface area contributed by atoms with E-state index in [2.05, 4.69) is 126 Å². The molecular formula is C41H36N6O. The van der Waals surface area contributed by atoms with Crippen LogP contribution >= 0.6 is 0 Å². The molecule has 0 fully saturated rings. The first-order valence-electron chi connectivity index (χ1n) is 16.4. The van der Waals surface area contributed by atoms with Crippen LogP contribution in [-0.4, -0.2) is 36.0 Å². The Hall–Kier alpha value is -5.95. The summed E-state index contributed by atoms with van der Waals surface area (Å²) >= 11 is 0. The molecule has 0 saturated heterocycles. The topological polar surface area (TPSA) is 78.5 Å². The van der Waals surface area contributed by atoms with Gasteiger partial charge >= 0.3 is 0 Å². The molecule has 0 aliphatic carbocycles. The minimum absolute atomic E-state index is 0.584. The monoisotopic (exact) mass is 628 g/mol. The number of aromatic nitrogens is 6. The molecular weight excluding hydrogens is 592 g/mol. The Labute approximate surface area is 280 Å². The summed E-state index contributed by atoms with van der Waals surface area (Å²) in [6.07, 6.45) is 5.51. The van der Waals surface area contributed by atoms with Crippen LogP contribution in [0.2, 0.25) is 0 Å². The minimum Gasteiger partial charge on any atom is -0.321 e. The fraction of sp³-hybridized carbons (Fsp3) is 0.146. The zero-order chi connectivity index (χ0) is 32.8. The number of imidazole rings is 1. The fourth-order valence-electron chi connectivity index (χ4n) is 6.63. The van der Waals surface area contributed by atoms with E-state index in [1.54, 1.807) is 6.20 Å². The third-order valence-corrected chi connectivity index (χ3v) is 8.98. The smallest absolute Gasteiger partial charge is 0.184 e. The summed E-state index contributed by atoms with van der Waals surface area (Å²) < 4.78 is 3.99. The highest BCUT2D eigenvalue weighted by molar-refractivity contribution is 5.81. The second kappa shape index (κ2) is 13.8. The summed E-state index contributed by atoms with van der Waals surface area (Å²) in [7, 11) is 0. The third-order valence-electron chi connectivity index (χ3n) is 8.98. The molecule has 7 heteroatoms.